The fourth-order valence-electron chi connectivity index (χ4n) is 3.91. The van der Waals surface area contributed by atoms with Gasteiger partial charge in [0.15, 0.2) is 0 Å². The Hall–Kier alpha value is -5.54. The largest absolute Gasteiger partial charge is 0.491 e. The van der Waals surface area contributed by atoms with E-state index < -0.39 is 54.1 Å². The maximum absolute atomic E-state index is 12.7. The number of fused-ring (bicyclic) bond motifs is 1. The van der Waals surface area contributed by atoms with E-state index in [1.807, 2.05) is 37.3 Å². The van der Waals surface area contributed by atoms with E-state index in [1.165, 1.54) is 29.6 Å². The van der Waals surface area contributed by atoms with Gasteiger partial charge in [0, 0.05) is 22.2 Å². The van der Waals surface area contributed by atoms with Crippen LogP contribution in [0.2, 0.25) is 0 Å². The van der Waals surface area contributed by atoms with Gasteiger partial charge in [-0.2, -0.15) is 13.2 Å². The zero-order valence-electron chi connectivity index (χ0n) is 21.5. The van der Waals surface area contributed by atoms with E-state index >= 15 is 0 Å². The number of imide groups is 2. The van der Waals surface area contributed by atoms with Crippen LogP contribution in [0.1, 0.15) is 21.6 Å². The van der Waals surface area contributed by atoms with Gasteiger partial charge in [-0.05, 0) is 43.3 Å². The van der Waals surface area contributed by atoms with E-state index in [1.54, 1.807) is 10.6 Å². The zero-order chi connectivity index (χ0) is 30.7. The average Bonchev–Trinajstić information content (AvgIpc) is 2.92. The molecular weight excluding hydrogens is 567 g/mol. The van der Waals surface area contributed by atoms with Crippen LogP contribution in [0.15, 0.2) is 54.6 Å². The molecule has 4 rings (SSSR count). The first-order valence-corrected chi connectivity index (χ1v) is 11.9. The van der Waals surface area contributed by atoms with Crippen LogP contribution < -0.4 is 26.0 Å². The summed E-state index contributed by atoms with van der Waals surface area (Å²) in [7, 11) is 0. The summed E-state index contributed by atoms with van der Waals surface area (Å²) in [4.78, 5) is 76.6. The summed E-state index contributed by atoms with van der Waals surface area (Å²) in [6, 6.07) is 13.8. The van der Waals surface area contributed by atoms with Gasteiger partial charge in [-0.3, -0.25) is 35.3 Å². The predicted molar refractivity (Wildman–Crippen MR) is 135 cm³/mol. The topological polar surface area (TPSA) is 182 Å². The number of hydrogen-bond acceptors (Lipinski definition) is 9. The first-order valence-electron chi connectivity index (χ1n) is 11.9. The van der Waals surface area contributed by atoms with Gasteiger partial charge in [-0.15, -0.1) is 0 Å². The molecule has 1 fully saturated rings. The maximum atomic E-state index is 12.7. The summed E-state index contributed by atoms with van der Waals surface area (Å²) < 4.78 is 46.7. The SMILES string of the molecule is Cc1cc(COc2ccc(C(=O)NCC3(NC(=O)OC(=O)C(F)(F)F)C(=O)NC(=O)NC3=O)cc2)c2ccccc2n1. The Labute approximate surface area is 233 Å². The van der Waals surface area contributed by atoms with Crippen LogP contribution in [0.3, 0.4) is 0 Å². The van der Waals surface area contributed by atoms with Crippen LogP contribution in [0.4, 0.5) is 22.8 Å². The fourth-order valence-corrected chi connectivity index (χ4v) is 3.91. The van der Waals surface area contributed by atoms with Crippen molar-refractivity contribution in [1.29, 1.82) is 0 Å². The number of nitrogens with one attached hydrogen (secondary N) is 4. The molecule has 1 aromatic heterocycles. The van der Waals surface area contributed by atoms with E-state index in [0.29, 0.717) is 5.75 Å². The van der Waals surface area contributed by atoms with E-state index in [-0.39, 0.29) is 12.2 Å². The lowest BCUT2D eigenvalue weighted by atomic mass is 9.95. The number of aryl methyl sites for hydroxylation is 1. The molecule has 13 nitrogen and oxygen atoms in total. The first-order chi connectivity index (χ1) is 19.8. The van der Waals surface area contributed by atoms with Crippen molar-refractivity contribution in [3.63, 3.8) is 0 Å². The van der Waals surface area contributed by atoms with Gasteiger partial charge in [0.25, 0.3) is 17.7 Å². The highest BCUT2D eigenvalue weighted by molar-refractivity contribution is 6.24. The molecule has 0 spiro atoms. The molecule has 0 atom stereocenters. The number of urea groups is 1. The number of halogens is 3. The Morgan fingerprint density at radius 2 is 1.62 bits per heavy atom. The van der Waals surface area contributed by atoms with Crippen molar-refractivity contribution in [2.75, 3.05) is 6.54 Å². The van der Waals surface area contributed by atoms with Crippen LogP contribution in [0.5, 0.6) is 5.75 Å². The lowest BCUT2D eigenvalue weighted by Gasteiger charge is -2.33. The third kappa shape index (κ3) is 6.43. The van der Waals surface area contributed by atoms with Crippen molar-refractivity contribution in [3.8, 4) is 5.75 Å². The van der Waals surface area contributed by atoms with E-state index in [9.17, 15) is 41.9 Å². The summed E-state index contributed by atoms with van der Waals surface area (Å²) >= 11 is 0. The molecule has 6 amide bonds. The molecule has 3 aromatic rings. The molecule has 1 saturated heterocycles. The number of alkyl carbamates (subject to hydrolysis) is 1. The van der Waals surface area contributed by atoms with Gasteiger partial charge in [0.1, 0.15) is 12.4 Å². The van der Waals surface area contributed by atoms with Gasteiger partial charge in [-0.1, -0.05) is 18.2 Å². The second kappa shape index (κ2) is 11.5. The number of carbonyl (C=O) groups excluding carboxylic acids is 6. The number of ether oxygens (including phenoxy) is 2. The Morgan fingerprint density at radius 3 is 2.26 bits per heavy atom. The van der Waals surface area contributed by atoms with Crippen molar-refractivity contribution in [1.82, 2.24) is 26.3 Å². The Morgan fingerprint density at radius 1 is 0.976 bits per heavy atom. The Balaban J connectivity index is 1.43. The number of nitrogens with zero attached hydrogens (tertiary/aromatic N) is 1. The maximum Gasteiger partial charge on any atom is 0.491 e. The standard InChI is InChI=1S/C26H20F3N5O8/c1-13-10-15(17-4-2-3-5-18(17)31-13)11-41-16-8-6-14(7-9-16)19(35)30-12-25(20(36)32-23(39)33-21(25)37)34-24(40)42-22(38)26(27,28)29/h2-10H,11-12H2,1H3,(H,30,35)(H,34,40)(H2,32,33,36,37,39). The minimum absolute atomic E-state index is 0.00485. The zero-order valence-corrected chi connectivity index (χ0v) is 21.5. The third-order valence-corrected chi connectivity index (χ3v) is 5.92. The van der Waals surface area contributed by atoms with Gasteiger partial charge in [-0.25, -0.2) is 14.4 Å². The van der Waals surface area contributed by atoms with Gasteiger partial charge in [0.2, 0.25) is 5.54 Å². The molecule has 0 aliphatic carbocycles. The molecule has 4 N–H and O–H groups in total. The summed E-state index contributed by atoms with van der Waals surface area (Å²) in [5, 5.41) is 7.90. The molecule has 16 heteroatoms. The highest BCUT2D eigenvalue weighted by Crippen LogP contribution is 2.21. The van der Waals surface area contributed by atoms with Gasteiger partial charge < -0.3 is 14.8 Å². The third-order valence-electron chi connectivity index (χ3n) is 5.92. The Kier molecular flexibility index (Phi) is 8.08. The van der Waals surface area contributed by atoms with Crippen LogP contribution >= 0.6 is 0 Å². The van der Waals surface area contributed by atoms with Crippen molar-refractivity contribution >= 4 is 46.7 Å². The van der Waals surface area contributed by atoms with Crippen LogP contribution in [-0.4, -0.2) is 59.1 Å². The lowest BCUT2D eigenvalue weighted by molar-refractivity contribution is -0.193. The molecule has 218 valence electrons. The molecule has 1 aliphatic rings. The molecule has 0 saturated carbocycles. The number of pyridine rings is 1. The number of esters is 1. The molecule has 2 heterocycles. The molecular formula is C26H20F3N5O8. The molecule has 1 aliphatic heterocycles. The summed E-state index contributed by atoms with van der Waals surface area (Å²) in [6.07, 6.45) is -7.70. The number of amides is 6. The van der Waals surface area contributed by atoms with Gasteiger partial charge >= 0.3 is 24.3 Å². The summed E-state index contributed by atoms with van der Waals surface area (Å²) in [6.45, 7) is 1.00. The van der Waals surface area contributed by atoms with Crippen molar-refractivity contribution < 1.29 is 51.4 Å². The van der Waals surface area contributed by atoms with Crippen molar-refractivity contribution in [2.45, 2.75) is 25.2 Å². The minimum atomic E-state index is -5.56. The number of hydrogen-bond donors (Lipinski definition) is 4. The van der Waals surface area contributed by atoms with E-state index in [0.717, 1.165) is 22.2 Å². The quantitative estimate of drug-likeness (QED) is 0.237. The van der Waals surface area contributed by atoms with E-state index in [2.05, 4.69) is 15.0 Å². The fraction of sp³-hybridized carbons (Fsp3) is 0.192. The molecule has 0 radical (unpaired) electrons. The second-order valence-electron chi connectivity index (χ2n) is 8.88. The van der Waals surface area contributed by atoms with Crippen LogP contribution in [0, 0.1) is 6.92 Å². The lowest BCUT2D eigenvalue weighted by Crippen LogP contribution is -2.76. The average molecular weight is 587 g/mol. The molecule has 2 aromatic carbocycles. The van der Waals surface area contributed by atoms with Gasteiger partial charge in [0.05, 0.1) is 12.1 Å². The summed E-state index contributed by atoms with van der Waals surface area (Å²) in [5.74, 6) is -6.42. The monoisotopic (exact) mass is 587 g/mol. The van der Waals surface area contributed by atoms with Crippen molar-refractivity contribution in [3.05, 3.63) is 71.4 Å². The highest BCUT2D eigenvalue weighted by Gasteiger charge is 2.53. The minimum Gasteiger partial charge on any atom is -0.489 e. The van der Waals surface area contributed by atoms with Crippen LogP contribution in [0.25, 0.3) is 10.9 Å². The number of barbiturate groups is 1. The number of alkyl halides is 3. The molecule has 42 heavy (non-hydrogen) atoms. The smallest absolute Gasteiger partial charge is 0.489 e. The first kappa shape index (κ1) is 29.4. The normalized spacial score (nSPS) is 14.4. The molecule has 0 bridgehead atoms. The number of carbonyl (C=O) groups is 6. The summed E-state index contributed by atoms with van der Waals surface area (Å²) in [5.41, 5.74) is -0.348. The highest BCUT2D eigenvalue weighted by atomic mass is 19.4. The number of aromatic nitrogens is 1. The molecule has 0 unspecified atom stereocenters. The Bertz CT molecular complexity index is 1590. The number of para-hydroxylation sites is 1. The number of benzene rings is 2. The van der Waals surface area contributed by atoms with E-state index in [4.69, 9.17) is 4.74 Å². The van der Waals surface area contributed by atoms with Crippen LogP contribution in [-0.2, 0) is 25.7 Å². The van der Waals surface area contributed by atoms with Crippen molar-refractivity contribution in [2.24, 2.45) is 0 Å². The second-order valence-corrected chi connectivity index (χ2v) is 8.88. The predicted octanol–water partition coefficient (Wildman–Crippen LogP) is 1.77. The number of rotatable bonds is 7.